The van der Waals surface area contributed by atoms with Crippen LogP contribution in [-0.2, 0) is 9.63 Å². The number of aromatic nitrogens is 1. The van der Waals surface area contributed by atoms with E-state index in [1.807, 2.05) is 66.7 Å². The van der Waals surface area contributed by atoms with Crippen LogP contribution in [0, 0.1) is 0 Å². The Hall–Kier alpha value is -4.20. The van der Waals surface area contributed by atoms with E-state index in [9.17, 15) is 9.59 Å². The number of carbonyl (C=O) groups excluding carboxylic acids is 2. The number of nitrogens with zero attached hydrogens (tertiary/aromatic N) is 3. The van der Waals surface area contributed by atoms with Gasteiger partial charge in [0.15, 0.2) is 0 Å². The van der Waals surface area contributed by atoms with Crippen molar-refractivity contribution in [3.63, 3.8) is 0 Å². The van der Waals surface area contributed by atoms with Crippen LogP contribution in [0.25, 0.3) is 11.1 Å². The van der Waals surface area contributed by atoms with Gasteiger partial charge in [0.05, 0.1) is 12.3 Å². The number of hydrogen-bond acceptors (Lipinski definition) is 6. The van der Waals surface area contributed by atoms with Crippen molar-refractivity contribution < 1.29 is 14.4 Å². The van der Waals surface area contributed by atoms with E-state index in [0.717, 1.165) is 22.5 Å². The quantitative estimate of drug-likeness (QED) is 0.367. The van der Waals surface area contributed by atoms with Crippen molar-refractivity contribution in [2.75, 3.05) is 32.1 Å². The first-order valence-electron chi connectivity index (χ1n) is 11.6. The number of para-hydroxylation sites is 1. The van der Waals surface area contributed by atoms with Gasteiger partial charge < -0.3 is 20.4 Å². The second-order valence-electron chi connectivity index (χ2n) is 8.29. The molecule has 1 aliphatic heterocycles. The largest absolute Gasteiger partial charge is 0.399 e. The van der Waals surface area contributed by atoms with E-state index >= 15 is 0 Å². The summed E-state index contributed by atoms with van der Waals surface area (Å²) in [5.41, 5.74) is 4.36. The topological polar surface area (TPSA) is 95.9 Å². The molecule has 0 bridgehead atoms. The van der Waals surface area contributed by atoms with E-state index in [2.05, 4.69) is 20.8 Å². The third-order valence-corrected chi connectivity index (χ3v) is 5.86. The number of hydrogen-bond donors (Lipinski definition) is 2. The average molecular weight is 472 g/mol. The standard InChI is InChI=1S/C27H29N5O3/c1-35-31-24-17-25(18-26(33)30-16-15-29-23-5-3-2-4-6-23)32(19-24)27(34)22-9-7-20(8-10-22)21-11-13-28-14-12-21/h2-14,25,29H,15-19H2,1H3,(H,30,33)/t25-/m0/s1. The van der Waals surface area contributed by atoms with Gasteiger partial charge in [0.1, 0.15) is 7.11 Å². The van der Waals surface area contributed by atoms with Crippen LogP contribution >= 0.6 is 0 Å². The van der Waals surface area contributed by atoms with Crippen molar-refractivity contribution in [1.29, 1.82) is 0 Å². The highest BCUT2D eigenvalue weighted by Gasteiger charge is 2.35. The monoisotopic (exact) mass is 471 g/mol. The van der Waals surface area contributed by atoms with E-state index in [0.29, 0.717) is 31.6 Å². The molecule has 1 saturated heterocycles. The molecule has 0 unspecified atom stereocenters. The fourth-order valence-corrected chi connectivity index (χ4v) is 4.15. The molecule has 0 spiro atoms. The highest BCUT2D eigenvalue weighted by atomic mass is 16.6. The molecule has 2 aromatic carbocycles. The fourth-order valence-electron chi connectivity index (χ4n) is 4.15. The lowest BCUT2D eigenvalue weighted by Gasteiger charge is -2.24. The van der Waals surface area contributed by atoms with Crippen LogP contribution < -0.4 is 10.6 Å². The minimum absolute atomic E-state index is 0.102. The zero-order valence-electron chi connectivity index (χ0n) is 19.7. The molecule has 1 fully saturated rings. The number of benzene rings is 2. The number of nitrogens with one attached hydrogen (secondary N) is 2. The Morgan fingerprint density at radius 1 is 1.00 bits per heavy atom. The molecule has 3 aromatic rings. The number of amides is 2. The molecule has 1 atom stereocenters. The molecule has 180 valence electrons. The van der Waals surface area contributed by atoms with Gasteiger partial charge in [0, 0.05) is 55.6 Å². The molecule has 2 heterocycles. The minimum Gasteiger partial charge on any atom is -0.399 e. The maximum absolute atomic E-state index is 13.3. The number of rotatable bonds is 9. The van der Waals surface area contributed by atoms with Gasteiger partial charge in [-0.15, -0.1) is 0 Å². The fraction of sp³-hybridized carbons (Fsp3) is 0.259. The van der Waals surface area contributed by atoms with Gasteiger partial charge in [0.25, 0.3) is 5.91 Å². The summed E-state index contributed by atoms with van der Waals surface area (Å²) in [6.07, 6.45) is 4.19. The summed E-state index contributed by atoms with van der Waals surface area (Å²) in [6.45, 7) is 1.44. The van der Waals surface area contributed by atoms with Crippen LogP contribution in [-0.4, -0.2) is 60.2 Å². The molecule has 0 aliphatic carbocycles. The van der Waals surface area contributed by atoms with E-state index in [1.165, 1.54) is 7.11 Å². The lowest BCUT2D eigenvalue weighted by atomic mass is 10.0. The Balaban J connectivity index is 1.36. The predicted octanol–water partition coefficient (Wildman–Crippen LogP) is 3.58. The molecule has 8 nitrogen and oxygen atoms in total. The number of pyridine rings is 1. The summed E-state index contributed by atoms with van der Waals surface area (Å²) in [5.74, 6) is -0.231. The van der Waals surface area contributed by atoms with Gasteiger partial charge in [0.2, 0.25) is 5.91 Å². The van der Waals surface area contributed by atoms with Gasteiger partial charge >= 0.3 is 0 Å². The van der Waals surface area contributed by atoms with Crippen LogP contribution in [0.3, 0.4) is 0 Å². The molecule has 2 amide bonds. The summed E-state index contributed by atoms with van der Waals surface area (Å²) in [5, 5.41) is 10.2. The number of anilines is 1. The van der Waals surface area contributed by atoms with E-state index < -0.39 is 0 Å². The van der Waals surface area contributed by atoms with Crippen LogP contribution in [0.5, 0.6) is 0 Å². The van der Waals surface area contributed by atoms with E-state index in [1.54, 1.807) is 17.3 Å². The molecule has 4 rings (SSSR count). The predicted molar refractivity (Wildman–Crippen MR) is 136 cm³/mol. The van der Waals surface area contributed by atoms with Crippen LogP contribution in [0.15, 0.2) is 84.3 Å². The smallest absolute Gasteiger partial charge is 0.254 e. The first kappa shape index (κ1) is 23.9. The third-order valence-electron chi connectivity index (χ3n) is 5.86. The summed E-state index contributed by atoms with van der Waals surface area (Å²) >= 11 is 0. The first-order valence-corrected chi connectivity index (χ1v) is 11.6. The minimum atomic E-state index is -0.279. The molecule has 0 radical (unpaired) electrons. The van der Waals surface area contributed by atoms with Crippen molar-refractivity contribution in [3.05, 3.63) is 84.7 Å². The lowest BCUT2D eigenvalue weighted by molar-refractivity contribution is -0.121. The molecule has 2 N–H and O–H groups in total. The zero-order chi connectivity index (χ0) is 24.5. The number of likely N-dealkylation sites (tertiary alicyclic amines) is 1. The van der Waals surface area contributed by atoms with Crippen LogP contribution in [0.1, 0.15) is 23.2 Å². The number of oxime groups is 1. The normalized spacial score (nSPS) is 16.2. The zero-order valence-corrected chi connectivity index (χ0v) is 19.7. The molecule has 8 heteroatoms. The van der Waals surface area contributed by atoms with Gasteiger partial charge in [-0.3, -0.25) is 14.6 Å². The molecular weight excluding hydrogens is 442 g/mol. The van der Waals surface area contributed by atoms with Gasteiger partial charge in [-0.25, -0.2) is 0 Å². The molecule has 1 aromatic heterocycles. The van der Waals surface area contributed by atoms with Crippen LogP contribution in [0.2, 0.25) is 0 Å². The average Bonchev–Trinajstić information content (AvgIpc) is 3.29. The maximum Gasteiger partial charge on any atom is 0.254 e. The van der Waals surface area contributed by atoms with Crippen molar-refractivity contribution >= 4 is 23.2 Å². The van der Waals surface area contributed by atoms with Crippen molar-refractivity contribution in [3.8, 4) is 11.1 Å². The summed E-state index contributed by atoms with van der Waals surface area (Å²) in [4.78, 5) is 36.6. The highest BCUT2D eigenvalue weighted by Crippen LogP contribution is 2.24. The Morgan fingerprint density at radius 3 is 2.43 bits per heavy atom. The summed E-state index contributed by atoms with van der Waals surface area (Å²) in [6, 6.07) is 20.9. The van der Waals surface area contributed by atoms with Gasteiger partial charge in [-0.1, -0.05) is 35.5 Å². The van der Waals surface area contributed by atoms with E-state index in [-0.39, 0.29) is 24.3 Å². The molecular formula is C27H29N5O3. The molecule has 35 heavy (non-hydrogen) atoms. The summed E-state index contributed by atoms with van der Waals surface area (Å²) < 4.78 is 0. The summed E-state index contributed by atoms with van der Waals surface area (Å²) in [7, 11) is 1.48. The number of carbonyl (C=O) groups is 2. The van der Waals surface area contributed by atoms with E-state index in [4.69, 9.17) is 4.84 Å². The van der Waals surface area contributed by atoms with Gasteiger partial charge in [-0.05, 0) is 47.5 Å². The SMILES string of the molecule is CON=C1C[C@@H](CC(=O)NCCNc2ccccc2)N(C(=O)c2ccc(-c3ccncc3)cc2)C1. The van der Waals surface area contributed by atoms with Gasteiger partial charge in [-0.2, -0.15) is 0 Å². The van der Waals surface area contributed by atoms with Crippen molar-refractivity contribution in [2.24, 2.45) is 5.16 Å². The van der Waals surface area contributed by atoms with Crippen molar-refractivity contribution in [2.45, 2.75) is 18.9 Å². The van der Waals surface area contributed by atoms with Crippen molar-refractivity contribution in [1.82, 2.24) is 15.2 Å². The van der Waals surface area contributed by atoms with Crippen LogP contribution in [0.4, 0.5) is 5.69 Å². The highest BCUT2D eigenvalue weighted by molar-refractivity contribution is 6.01. The Morgan fingerprint density at radius 2 is 1.71 bits per heavy atom. The maximum atomic E-state index is 13.3. The lowest BCUT2D eigenvalue weighted by Crippen LogP contribution is -2.40. The second kappa shape index (κ2) is 11.8. The third kappa shape index (κ3) is 6.44. The Kier molecular flexibility index (Phi) is 8.06. The second-order valence-corrected chi connectivity index (χ2v) is 8.29. The first-order chi connectivity index (χ1) is 17.1. The Bertz CT molecular complexity index is 1150. The molecule has 1 aliphatic rings. The molecule has 0 saturated carbocycles. The Labute approximate surface area is 205 Å².